The predicted octanol–water partition coefficient (Wildman–Crippen LogP) is 0.434. The van der Waals surface area contributed by atoms with Crippen molar-refractivity contribution in [3.05, 3.63) is 22.8 Å². The number of morpholine rings is 1. The van der Waals surface area contributed by atoms with Crippen LogP contribution in [0.1, 0.15) is 28.9 Å². The molecular weight excluding hydrogens is 228 g/mol. The van der Waals surface area contributed by atoms with Crippen LogP contribution in [0.4, 0.5) is 0 Å². The quantitative estimate of drug-likeness (QED) is 0.781. The molecule has 2 aliphatic rings. The number of aromatic nitrogens is 2. The molecule has 1 N–H and O–H groups in total. The van der Waals surface area contributed by atoms with Gasteiger partial charge in [-0.15, -0.1) is 0 Å². The molecular formula is C13H20N4O. The van der Waals surface area contributed by atoms with Gasteiger partial charge in [0.25, 0.3) is 0 Å². The molecule has 0 aromatic carbocycles. The second-order valence-electron chi connectivity index (χ2n) is 5.14. The summed E-state index contributed by atoms with van der Waals surface area (Å²) in [5.74, 6) is 0.849. The Balaban J connectivity index is 1.90. The fourth-order valence-corrected chi connectivity index (χ4v) is 2.65. The zero-order valence-electron chi connectivity index (χ0n) is 11.1. The number of nitrogens with one attached hydrogen (secondary N) is 1. The van der Waals surface area contributed by atoms with Crippen molar-refractivity contribution in [3.63, 3.8) is 0 Å². The Kier molecular flexibility index (Phi) is 3.28. The zero-order chi connectivity index (χ0) is 12.5. The van der Waals surface area contributed by atoms with Gasteiger partial charge >= 0.3 is 0 Å². The molecule has 1 aromatic rings. The van der Waals surface area contributed by atoms with Gasteiger partial charge in [0, 0.05) is 25.3 Å². The first kappa shape index (κ1) is 12.0. The van der Waals surface area contributed by atoms with Crippen molar-refractivity contribution >= 4 is 0 Å². The van der Waals surface area contributed by atoms with Crippen LogP contribution in [0.15, 0.2) is 0 Å². The minimum atomic E-state index is 0.0228. The fourth-order valence-electron chi connectivity index (χ4n) is 2.65. The Labute approximate surface area is 108 Å². The molecule has 1 atom stereocenters. The first-order valence-corrected chi connectivity index (χ1v) is 6.61. The van der Waals surface area contributed by atoms with Crippen molar-refractivity contribution in [1.29, 1.82) is 0 Å². The van der Waals surface area contributed by atoms with E-state index in [9.17, 15) is 0 Å². The number of rotatable bonds is 1. The maximum absolute atomic E-state index is 5.79. The van der Waals surface area contributed by atoms with E-state index in [1.165, 1.54) is 5.56 Å². The Hall–Kier alpha value is -1.04. The van der Waals surface area contributed by atoms with Gasteiger partial charge in [-0.3, -0.25) is 0 Å². The lowest BCUT2D eigenvalue weighted by Crippen LogP contribution is -2.36. The SMILES string of the molecule is Cc1nc(C2CN(C)CCO2)nc2c1CCNC2. The molecule has 5 heteroatoms. The number of ether oxygens (including phenoxy) is 1. The average molecular weight is 248 g/mol. The summed E-state index contributed by atoms with van der Waals surface area (Å²) in [6.07, 6.45) is 1.06. The molecule has 0 bridgehead atoms. The Bertz CT molecular complexity index is 449. The average Bonchev–Trinajstić information content (AvgIpc) is 2.39. The first-order chi connectivity index (χ1) is 8.74. The third kappa shape index (κ3) is 2.25. The Morgan fingerprint density at radius 3 is 3.11 bits per heavy atom. The number of hydrogen-bond acceptors (Lipinski definition) is 5. The number of hydrogen-bond donors (Lipinski definition) is 1. The van der Waals surface area contributed by atoms with Crippen molar-refractivity contribution in [3.8, 4) is 0 Å². The summed E-state index contributed by atoms with van der Waals surface area (Å²) >= 11 is 0. The van der Waals surface area contributed by atoms with Gasteiger partial charge < -0.3 is 15.0 Å². The van der Waals surface area contributed by atoms with Gasteiger partial charge in [0.2, 0.25) is 0 Å². The van der Waals surface area contributed by atoms with E-state index in [0.29, 0.717) is 0 Å². The minimum absolute atomic E-state index is 0.0228. The van der Waals surface area contributed by atoms with E-state index in [0.717, 1.165) is 56.4 Å². The first-order valence-electron chi connectivity index (χ1n) is 6.61. The molecule has 2 aliphatic heterocycles. The lowest BCUT2D eigenvalue weighted by atomic mass is 10.0. The van der Waals surface area contributed by atoms with Crippen LogP contribution in [-0.4, -0.2) is 48.2 Å². The molecule has 1 fully saturated rings. The van der Waals surface area contributed by atoms with Crippen molar-refractivity contribution in [2.75, 3.05) is 33.3 Å². The standard InChI is InChI=1S/C13H20N4O/c1-9-10-3-4-14-7-11(10)16-13(15-9)12-8-17(2)5-6-18-12/h12,14H,3-8H2,1-2H3. The molecule has 0 amide bonds. The van der Waals surface area contributed by atoms with Crippen LogP contribution in [-0.2, 0) is 17.7 Å². The molecule has 3 rings (SSSR count). The number of nitrogens with zero attached hydrogens (tertiary/aromatic N) is 3. The van der Waals surface area contributed by atoms with Gasteiger partial charge in [-0.2, -0.15) is 0 Å². The topological polar surface area (TPSA) is 50.3 Å². The van der Waals surface area contributed by atoms with E-state index in [4.69, 9.17) is 9.72 Å². The van der Waals surface area contributed by atoms with Crippen molar-refractivity contribution < 1.29 is 4.74 Å². The van der Waals surface area contributed by atoms with Crippen LogP contribution in [0.5, 0.6) is 0 Å². The van der Waals surface area contributed by atoms with Gasteiger partial charge in [0.15, 0.2) is 5.82 Å². The molecule has 1 unspecified atom stereocenters. The lowest BCUT2D eigenvalue weighted by molar-refractivity contribution is -0.0257. The third-order valence-corrected chi connectivity index (χ3v) is 3.72. The number of likely N-dealkylation sites (N-methyl/N-ethyl adjacent to an activating group) is 1. The van der Waals surface area contributed by atoms with Crippen LogP contribution >= 0.6 is 0 Å². The fraction of sp³-hybridized carbons (Fsp3) is 0.692. The molecule has 3 heterocycles. The van der Waals surface area contributed by atoms with Crippen LogP contribution in [0.3, 0.4) is 0 Å². The van der Waals surface area contributed by atoms with E-state index < -0.39 is 0 Å². The van der Waals surface area contributed by atoms with Gasteiger partial charge in [-0.05, 0) is 32.5 Å². The molecule has 1 aromatic heterocycles. The van der Waals surface area contributed by atoms with Crippen molar-refractivity contribution in [2.24, 2.45) is 0 Å². The summed E-state index contributed by atoms with van der Waals surface area (Å²) in [5.41, 5.74) is 3.59. The molecule has 98 valence electrons. The van der Waals surface area contributed by atoms with Gasteiger partial charge in [-0.25, -0.2) is 9.97 Å². The molecule has 0 aliphatic carbocycles. The van der Waals surface area contributed by atoms with Crippen molar-refractivity contribution in [1.82, 2.24) is 20.2 Å². The largest absolute Gasteiger partial charge is 0.368 e. The van der Waals surface area contributed by atoms with E-state index in [2.05, 4.69) is 29.2 Å². The lowest BCUT2D eigenvalue weighted by Gasteiger charge is -2.30. The minimum Gasteiger partial charge on any atom is -0.368 e. The second-order valence-corrected chi connectivity index (χ2v) is 5.14. The highest BCUT2D eigenvalue weighted by molar-refractivity contribution is 5.28. The maximum Gasteiger partial charge on any atom is 0.158 e. The monoisotopic (exact) mass is 248 g/mol. The molecule has 1 saturated heterocycles. The highest BCUT2D eigenvalue weighted by Crippen LogP contribution is 2.22. The summed E-state index contributed by atoms with van der Waals surface area (Å²) in [7, 11) is 2.11. The second kappa shape index (κ2) is 4.91. The predicted molar refractivity (Wildman–Crippen MR) is 68.4 cm³/mol. The maximum atomic E-state index is 5.79. The number of fused-ring (bicyclic) bond motifs is 1. The van der Waals surface area contributed by atoms with E-state index in [1.54, 1.807) is 0 Å². The summed E-state index contributed by atoms with van der Waals surface area (Å²) in [6, 6.07) is 0. The Morgan fingerprint density at radius 1 is 1.39 bits per heavy atom. The van der Waals surface area contributed by atoms with Gasteiger partial charge in [-0.1, -0.05) is 0 Å². The van der Waals surface area contributed by atoms with Crippen LogP contribution in [0, 0.1) is 6.92 Å². The van der Waals surface area contributed by atoms with Crippen LogP contribution in [0.2, 0.25) is 0 Å². The van der Waals surface area contributed by atoms with Crippen LogP contribution < -0.4 is 5.32 Å². The van der Waals surface area contributed by atoms with E-state index >= 15 is 0 Å². The molecule has 5 nitrogen and oxygen atoms in total. The number of aryl methyl sites for hydroxylation is 1. The highest BCUT2D eigenvalue weighted by Gasteiger charge is 2.24. The van der Waals surface area contributed by atoms with E-state index in [-0.39, 0.29) is 6.10 Å². The van der Waals surface area contributed by atoms with Crippen LogP contribution in [0.25, 0.3) is 0 Å². The Morgan fingerprint density at radius 2 is 2.28 bits per heavy atom. The smallest absolute Gasteiger partial charge is 0.158 e. The van der Waals surface area contributed by atoms with Gasteiger partial charge in [0.05, 0.1) is 12.3 Å². The zero-order valence-corrected chi connectivity index (χ0v) is 11.1. The van der Waals surface area contributed by atoms with Gasteiger partial charge in [0.1, 0.15) is 6.10 Å². The molecule has 0 spiro atoms. The normalized spacial score (nSPS) is 24.9. The molecule has 18 heavy (non-hydrogen) atoms. The third-order valence-electron chi connectivity index (χ3n) is 3.72. The van der Waals surface area contributed by atoms with E-state index in [1.807, 2.05) is 0 Å². The summed E-state index contributed by atoms with van der Waals surface area (Å²) in [4.78, 5) is 11.6. The summed E-state index contributed by atoms with van der Waals surface area (Å²) in [5, 5.41) is 3.37. The molecule has 0 radical (unpaired) electrons. The van der Waals surface area contributed by atoms with Crippen molar-refractivity contribution in [2.45, 2.75) is 26.0 Å². The summed E-state index contributed by atoms with van der Waals surface area (Å²) in [6.45, 7) is 6.60. The molecule has 0 saturated carbocycles. The summed E-state index contributed by atoms with van der Waals surface area (Å²) < 4.78 is 5.79. The highest BCUT2D eigenvalue weighted by atomic mass is 16.5.